The lowest BCUT2D eigenvalue weighted by molar-refractivity contribution is -0.114. The Bertz CT molecular complexity index is 863. The number of hydrogen-bond acceptors (Lipinski definition) is 3. The van der Waals surface area contributed by atoms with Crippen LogP contribution < -0.4 is 10.6 Å². The second-order valence-corrected chi connectivity index (χ2v) is 6.39. The Hall–Kier alpha value is -2.60. The molecule has 0 aliphatic rings. The fraction of sp³-hybridized carbons (Fsp3) is 0.105. The number of rotatable bonds is 6. The van der Waals surface area contributed by atoms with Gasteiger partial charge < -0.3 is 10.6 Å². The molecule has 0 aliphatic carbocycles. The van der Waals surface area contributed by atoms with Gasteiger partial charge in [0.05, 0.1) is 6.54 Å². The van der Waals surface area contributed by atoms with Crippen LogP contribution in [0, 0.1) is 0 Å². The van der Waals surface area contributed by atoms with E-state index in [1.54, 1.807) is 24.3 Å². The molecule has 3 rings (SSSR count). The van der Waals surface area contributed by atoms with E-state index in [4.69, 9.17) is 0 Å². The SMILES string of the molecule is O=C(CNc1cccc2ccccc12)Nc1ccc(SC(F)F)cc1. The quantitative estimate of drug-likeness (QED) is 0.595. The first-order chi connectivity index (χ1) is 12.1. The Morgan fingerprint density at radius 2 is 1.68 bits per heavy atom. The summed E-state index contributed by atoms with van der Waals surface area (Å²) in [4.78, 5) is 12.5. The minimum Gasteiger partial charge on any atom is -0.376 e. The Balaban J connectivity index is 1.59. The van der Waals surface area contributed by atoms with E-state index in [1.807, 2.05) is 42.5 Å². The van der Waals surface area contributed by atoms with Crippen molar-refractivity contribution in [3.05, 3.63) is 66.7 Å². The zero-order valence-electron chi connectivity index (χ0n) is 13.2. The Kier molecular flexibility index (Phi) is 5.50. The number of benzene rings is 3. The molecule has 0 aliphatic heterocycles. The highest BCUT2D eigenvalue weighted by molar-refractivity contribution is 7.99. The minimum absolute atomic E-state index is 0.113. The average Bonchev–Trinajstić information content (AvgIpc) is 2.61. The summed E-state index contributed by atoms with van der Waals surface area (Å²) in [6, 6.07) is 20.1. The van der Waals surface area contributed by atoms with Crippen molar-refractivity contribution in [2.45, 2.75) is 10.7 Å². The summed E-state index contributed by atoms with van der Waals surface area (Å²) in [7, 11) is 0. The van der Waals surface area contributed by atoms with Gasteiger partial charge in [-0.2, -0.15) is 8.78 Å². The molecule has 0 aromatic heterocycles. The second-order valence-electron chi connectivity index (χ2n) is 5.33. The minimum atomic E-state index is -2.45. The molecule has 0 bridgehead atoms. The lowest BCUT2D eigenvalue weighted by Gasteiger charge is -2.10. The van der Waals surface area contributed by atoms with Gasteiger partial charge in [-0.3, -0.25) is 4.79 Å². The molecule has 0 saturated carbocycles. The number of halogens is 2. The van der Waals surface area contributed by atoms with Crippen LogP contribution in [0.5, 0.6) is 0 Å². The third-order valence-corrected chi connectivity index (χ3v) is 4.31. The van der Waals surface area contributed by atoms with Crippen LogP contribution in [0.15, 0.2) is 71.6 Å². The number of alkyl halides is 2. The van der Waals surface area contributed by atoms with Crippen molar-refractivity contribution in [1.29, 1.82) is 0 Å². The molecular weight excluding hydrogens is 342 g/mol. The molecule has 0 atom stereocenters. The molecule has 6 heteroatoms. The van der Waals surface area contributed by atoms with Gasteiger partial charge in [0, 0.05) is 21.7 Å². The normalized spacial score (nSPS) is 10.8. The van der Waals surface area contributed by atoms with Crippen LogP contribution in [0.2, 0.25) is 0 Å². The Morgan fingerprint density at radius 1 is 0.960 bits per heavy atom. The van der Waals surface area contributed by atoms with Gasteiger partial charge in [0.25, 0.3) is 5.76 Å². The number of anilines is 2. The van der Waals surface area contributed by atoms with Gasteiger partial charge in [0.2, 0.25) is 5.91 Å². The lowest BCUT2D eigenvalue weighted by atomic mass is 10.1. The number of fused-ring (bicyclic) bond motifs is 1. The smallest absolute Gasteiger partial charge is 0.288 e. The molecule has 25 heavy (non-hydrogen) atoms. The van der Waals surface area contributed by atoms with E-state index in [9.17, 15) is 13.6 Å². The summed E-state index contributed by atoms with van der Waals surface area (Å²) in [6.07, 6.45) is 0. The van der Waals surface area contributed by atoms with Crippen molar-refractivity contribution >= 4 is 39.8 Å². The van der Waals surface area contributed by atoms with Crippen molar-refractivity contribution in [2.75, 3.05) is 17.2 Å². The maximum Gasteiger partial charge on any atom is 0.288 e. The van der Waals surface area contributed by atoms with Gasteiger partial charge >= 0.3 is 0 Å². The highest BCUT2D eigenvalue weighted by Crippen LogP contribution is 2.26. The molecule has 3 nitrogen and oxygen atoms in total. The summed E-state index contributed by atoms with van der Waals surface area (Å²) in [5, 5.41) is 8.02. The maximum absolute atomic E-state index is 12.3. The number of carbonyl (C=O) groups is 1. The van der Waals surface area contributed by atoms with Gasteiger partial charge in [-0.25, -0.2) is 0 Å². The number of carbonyl (C=O) groups excluding carboxylic acids is 1. The third-order valence-electron chi connectivity index (χ3n) is 3.59. The Morgan fingerprint density at radius 3 is 2.44 bits per heavy atom. The van der Waals surface area contributed by atoms with E-state index in [0.717, 1.165) is 16.5 Å². The maximum atomic E-state index is 12.3. The number of amides is 1. The highest BCUT2D eigenvalue weighted by Gasteiger charge is 2.07. The molecule has 0 spiro atoms. The topological polar surface area (TPSA) is 41.1 Å². The molecular formula is C19H16F2N2OS. The highest BCUT2D eigenvalue weighted by atomic mass is 32.2. The standard InChI is InChI=1S/C19H16F2N2OS/c20-19(21)25-15-10-8-14(9-11-15)23-18(24)12-22-17-7-3-5-13-4-1-2-6-16(13)17/h1-11,19,22H,12H2,(H,23,24). The monoisotopic (exact) mass is 358 g/mol. The molecule has 1 amide bonds. The van der Waals surface area contributed by atoms with Crippen molar-refractivity contribution < 1.29 is 13.6 Å². The summed E-state index contributed by atoms with van der Waals surface area (Å²) in [6.45, 7) is 0.113. The third kappa shape index (κ3) is 4.70. The van der Waals surface area contributed by atoms with E-state index in [0.29, 0.717) is 22.3 Å². The molecule has 0 heterocycles. The van der Waals surface area contributed by atoms with Gasteiger partial charge in [-0.05, 0) is 35.7 Å². The zero-order chi connectivity index (χ0) is 17.6. The van der Waals surface area contributed by atoms with Crippen LogP contribution in [0.3, 0.4) is 0 Å². The summed E-state index contributed by atoms with van der Waals surface area (Å²) < 4.78 is 24.6. The van der Waals surface area contributed by atoms with Crippen molar-refractivity contribution in [1.82, 2.24) is 0 Å². The van der Waals surface area contributed by atoms with Crippen molar-refractivity contribution in [3.63, 3.8) is 0 Å². The fourth-order valence-electron chi connectivity index (χ4n) is 2.48. The van der Waals surface area contributed by atoms with Crippen LogP contribution in [0.25, 0.3) is 10.8 Å². The van der Waals surface area contributed by atoms with Gasteiger partial charge in [-0.15, -0.1) is 0 Å². The van der Waals surface area contributed by atoms with E-state index in [2.05, 4.69) is 10.6 Å². The van der Waals surface area contributed by atoms with Crippen molar-refractivity contribution in [3.8, 4) is 0 Å². The predicted molar refractivity (Wildman–Crippen MR) is 99.4 cm³/mol. The number of hydrogen-bond donors (Lipinski definition) is 2. The molecule has 0 radical (unpaired) electrons. The summed E-state index contributed by atoms with van der Waals surface area (Å²) in [5.74, 6) is -2.66. The zero-order valence-corrected chi connectivity index (χ0v) is 14.0. The molecule has 3 aromatic carbocycles. The van der Waals surface area contributed by atoms with E-state index in [-0.39, 0.29) is 12.5 Å². The van der Waals surface area contributed by atoms with Crippen LogP contribution in [-0.2, 0) is 4.79 Å². The molecule has 3 aromatic rings. The molecule has 128 valence electrons. The molecule has 0 unspecified atom stereocenters. The van der Waals surface area contributed by atoms with E-state index in [1.165, 1.54) is 0 Å². The summed E-state index contributed by atoms with van der Waals surface area (Å²) >= 11 is 0.476. The van der Waals surface area contributed by atoms with E-state index >= 15 is 0 Å². The fourth-order valence-corrected chi connectivity index (χ4v) is 2.98. The summed E-state index contributed by atoms with van der Waals surface area (Å²) in [5.41, 5.74) is 1.46. The second kappa shape index (κ2) is 7.98. The average molecular weight is 358 g/mol. The van der Waals surface area contributed by atoms with Crippen LogP contribution >= 0.6 is 11.8 Å². The van der Waals surface area contributed by atoms with Gasteiger partial charge in [0.1, 0.15) is 0 Å². The largest absolute Gasteiger partial charge is 0.376 e. The Labute approximate surface area is 148 Å². The van der Waals surface area contributed by atoms with Crippen LogP contribution in [-0.4, -0.2) is 18.2 Å². The van der Waals surface area contributed by atoms with E-state index < -0.39 is 5.76 Å². The number of nitrogens with one attached hydrogen (secondary N) is 2. The van der Waals surface area contributed by atoms with Gasteiger partial charge in [0.15, 0.2) is 0 Å². The lowest BCUT2D eigenvalue weighted by Crippen LogP contribution is -2.21. The van der Waals surface area contributed by atoms with Gasteiger partial charge in [-0.1, -0.05) is 48.2 Å². The van der Waals surface area contributed by atoms with Crippen LogP contribution in [0.1, 0.15) is 0 Å². The van der Waals surface area contributed by atoms with Crippen LogP contribution in [0.4, 0.5) is 20.2 Å². The first kappa shape index (κ1) is 17.2. The molecule has 0 fully saturated rings. The number of thioether (sulfide) groups is 1. The molecule has 2 N–H and O–H groups in total. The predicted octanol–water partition coefficient (Wildman–Crippen LogP) is 5.21. The first-order valence-corrected chi connectivity index (χ1v) is 8.56. The first-order valence-electron chi connectivity index (χ1n) is 7.68. The van der Waals surface area contributed by atoms with Crippen molar-refractivity contribution in [2.24, 2.45) is 0 Å². The molecule has 0 saturated heterocycles.